The molecule has 1 heterocycles. The minimum Gasteiger partial charge on any atom is -0.481 e. The van der Waals surface area contributed by atoms with Crippen LogP contribution in [0.1, 0.15) is 18.4 Å². The molecule has 8 heteroatoms. The Labute approximate surface area is 148 Å². The normalized spacial score (nSPS) is 16.8. The predicted molar refractivity (Wildman–Crippen MR) is 92.8 cm³/mol. The van der Waals surface area contributed by atoms with Crippen LogP contribution in [0.2, 0.25) is 0 Å². The van der Waals surface area contributed by atoms with Gasteiger partial charge in [0.2, 0.25) is 5.91 Å². The highest BCUT2D eigenvalue weighted by molar-refractivity contribution is 9.10. The summed E-state index contributed by atoms with van der Waals surface area (Å²) in [5.41, 5.74) is 1.68. The van der Waals surface area contributed by atoms with Crippen molar-refractivity contribution in [3.05, 3.63) is 28.2 Å². The van der Waals surface area contributed by atoms with Crippen LogP contribution < -0.4 is 10.6 Å². The standard InChI is InChI=1S/C16H20BrN3O4/c1-10-2-3-12(17)8-13(10)19-14(21)4-6-18-16(24)20-7-5-11(9-20)15(22)23/h2-3,8,11H,4-7,9H2,1H3,(H,18,24)(H,19,21)(H,22,23). The molecule has 1 atom stereocenters. The number of halogens is 1. The van der Waals surface area contributed by atoms with Crippen LogP contribution >= 0.6 is 15.9 Å². The minimum atomic E-state index is -0.880. The van der Waals surface area contributed by atoms with Crippen molar-refractivity contribution in [3.63, 3.8) is 0 Å². The van der Waals surface area contributed by atoms with E-state index in [0.717, 1.165) is 15.7 Å². The summed E-state index contributed by atoms with van der Waals surface area (Å²) in [6, 6.07) is 5.28. The van der Waals surface area contributed by atoms with E-state index in [0.29, 0.717) is 13.0 Å². The highest BCUT2D eigenvalue weighted by Gasteiger charge is 2.30. The second-order valence-electron chi connectivity index (χ2n) is 5.76. The van der Waals surface area contributed by atoms with Gasteiger partial charge in [-0.25, -0.2) is 4.79 Å². The maximum absolute atomic E-state index is 12.0. The third-order valence-electron chi connectivity index (χ3n) is 3.93. The molecule has 3 N–H and O–H groups in total. The smallest absolute Gasteiger partial charge is 0.317 e. The van der Waals surface area contributed by atoms with Crippen LogP contribution in [0.15, 0.2) is 22.7 Å². The lowest BCUT2D eigenvalue weighted by Gasteiger charge is -2.16. The number of amides is 3. The summed E-state index contributed by atoms with van der Waals surface area (Å²) in [5.74, 6) is -1.58. The zero-order valence-electron chi connectivity index (χ0n) is 13.3. The summed E-state index contributed by atoms with van der Waals surface area (Å²) in [5, 5.41) is 14.4. The van der Waals surface area contributed by atoms with Gasteiger partial charge in [-0.3, -0.25) is 9.59 Å². The molecule has 1 unspecified atom stereocenters. The number of carbonyl (C=O) groups is 3. The number of carboxylic acid groups (broad SMARTS) is 1. The van der Waals surface area contributed by atoms with E-state index in [1.165, 1.54) is 4.90 Å². The third-order valence-corrected chi connectivity index (χ3v) is 4.42. The number of rotatable bonds is 5. The molecule has 0 aromatic heterocycles. The van der Waals surface area contributed by atoms with E-state index in [-0.39, 0.29) is 31.4 Å². The van der Waals surface area contributed by atoms with Gasteiger partial charge in [0.25, 0.3) is 0 Å². The minimum absolute atomic E-state index is 0.147. The van der Waals surface area contributed by atoms with E-state index >= 15 is 0 Å². The van der Waals surface area contributed by atoms with Crippen molar-refractivity contribution in [2.75, 3.05) is 25.0 Å². The maximum Gasteiger partial charge on any atom is 0.317 e. The lowest BCUT2D eigenvalue weighted by atomic mass is 10.1. The number of nitrogens with zero attached hydrogens (tertiary/aromatic N) is 1. The molecule has 130 valence electrons. The number of carboxylic acids is 1. The number of aliphatic carboxylic acids is 1. The maximum atomic E-state index is 12.0. The van der Waals surface area contributed by atoms with Gasteiger partial charge in [-0.05, 0) is 31.0 Å². The van der Waals surface area contributed by atoms with Gasteiger partial charge < -0.3 is 20.6 Å². The molecule has 1 aliphatic heterocycles. The van der Waals surface area contributed by atoms with Gasteiger partial charge in [0.15, 0.2) is 0 Å². The van der Waals surface area contributed by atoms with Gasteiger partial charge in [-0.1, -0.05) is 22.0 Å². The van der Waals surface area contributed by atoms with Crippen molar-refractivity contribution < 1.29 is 19.5 Å². The molecule has 1 saturated heterocycles. The molecule has 3 amide bonds. The molecule has 2 rings (SSSR count). The number of nitrogens with one attached hydrogen (secondary N) is 2. The predicted octanol–water partition coefficient (Wildman–Crippen LogP) is 2.20. The summed E-state index contributed by atoms with van der Waals surface area (Å²) in [6.45, 7) is 2.73. The van der Waals surface area contributed by atoms with E-state index in [1.807, 2.05) is 25.1 Å². The number of hydrogen-bond donors (Lipinski definition) is 3. The van der Waals surface area contributed by atoms with Crippen molar-refractivity contribution in [1.82, 2.24) is 10.2 Å². The van der Waals surface area contributed by atoms with Crippen LogP contribution in [0, 0.1) is 12.8 Å². The van der Waals surface area contributed by atoms with Gasteiger partial charge in [0.1, 0.15) is 0 Å². The highest BCUT2D eigenvalue weighted by Crippen LogP contribution is 2.20. The number of anilines is 1. The molecular weight excluding hydrogens is 378 g/mol. The van der Waals surface area contributed by atoms with E-state index < -0.39 is 11.9 Å². The van der Waals surface area contributed by atoms with Crippen molar-refractivity contribution in [2.24, 2.45) is 5.92 Å². The third kappa shape index (κ3) is 4.95. The summed E-state index contributed by atoms with van der Waals surface area (Å²) < 4.78 is 0.874. The first-order valence-electron chi connectivity index (χ1n) is 7.68. The molecule has 0 spiro atoms. The average molecular weight is 398 g/mol. The largest absolute Gasteiger partial charge is 0.481 e. The van der Waals surface area contributed by atoms with Gasteiger partial charge in [-0.2, -0.15) is 0 Å². The molecule has 0 saturated carbocycles. The summed E-state index contributed by atoms with van der Waals surface area (Å²) >= 11 is 3.35. The molecule has 1 aromatic carbocycles. The van der Waals surface area contributed by atoms with Crippen molar-refractivity contribution in [1.29, 1.82) is 0 Å². The molecule has 24 heavy (non-hydrogen) atoms. The first-order valence-corrected chi connectivity index (χ1v) is 8.47. The summed E-state index contributed by atoms with van der Waals surface area (Å²) in [4.78, 5) is 36.2. The van der Waals surface area contributed by atoms with E-state index in [9.17, 15) is 14.4 Å². The van der Waals surface area contributed by atoms with Crippen molar-refractivity contribution in [2.45, 2.75) is 19.8 Å². The van der Waals surface area contributed by atoms with E-state index in [2.05, 4.69) is 26.6 Å². The summed E-state index contributed by atoms with van der Waals surface area (Å²) in [6.07, 6.45) is 0.610. The quantitative estimate of drug-likeness (QED) is 0.708. The molecule has 1 aliphatic rings. The molecule has 0 radical (unpaired) electrons. The number of benzene rings is 1. The Hall–Kier alpha value is -2.09. The van der Waals surface area contributed by atoms with Gasteiger partial charge in [-0.15, -0.1) is 0 Å². The number of hydrogen-bond acceptors (Lipinski definition) is 3. The Bertz CT molecular complexity index is 650. The molecule has 0 bridgehead atoms. The van der Waals surface area contributed by atoms with E-state index in [1.54, 1.807) is 0 Å². The zero-order valence-corrected chi connectivity index (χ0v) is 14.9. The number of carbonyl (C=O) groups excluding carboxylic acids is 2. The fraction of sp³-hybridized carbons (Fsp3) is 0.438. The first kappa shape index (κ1) is 18.3. The van der Waals surface area contributed by atoms with Crippen molar-refractivity contribution in [3.8, 4) is 0 Å². The lowest BCUT2D eigenvalue weighted by molar-refractivity contribution is -0.141. The van der Waals surface area contributed by atoms with Gasteiger partial charge >= 0.3 is 12.0 Å². The Morgan fingerprint density at radius 1 is 1.38 bits per heavy atom. The second-order valence-corrected chi connectivity index (χ2v) is 6.67. The average Bonchev–Trinajstić information content (AvgIpc) is 3.01. The molecule has 0 aliphatic carbocycles. The van der Waals surface area contributed by atoms with Crippen LogP contribution in [0.25, 0.3) is 0 Å². The second kappa shape index (κ2) is 8.14. The Morgan fingerprint density at radius 3 is 2.79 bits per heavy atom. The van der Waals surface area contributed by atoms with Crippen LogP contribution in [-0.4, -0.2) is 47.5 Å². The molecule has 1 aromatic rings. The fourth-order valence-electron chi connectivity index (χ4n) is 2.48. The van der Waals surface area contributed by atoms with Crippen molar-refractivity contribution >= 4 is 39.5 Å². The van der Waals surface area contributed by atoms with Gasteiger partial charge in [0.05, 0.1) is 5.92 Å². The fourth-order valence-corrected chi connectivity index (χ4v) is 2.84. The number of aryl methyl sites for hydroxylation is 1. The van der Waals surface area contributed by atoms with Crippen LogP contribution in [-0.2, 0) is 9.59 Å². The SMILES string of the molecule is Cc1ccc(Br)cc1NC(=O)CCNC(=O)N1CCC(C(=O)O)C1. The Morgan fingerprint density at radius 2 is 2.12 bits per heavy atom. The first-order chi connectivity index (χ1) is 11.4. The molecule has 7 nitrogen and oxygen atoms in total. The number of likely N-dealkylation sites (tertiary alicyclic amines) is 1. The monoisotopic (exact) mass is 397 g/mol. The highest BCUT2D eigenvalue weighted by atomic mass is 79.9. The van der Waals surface area contributed by atoms with Gasteiger partial charge in [0, 0.05) is 36.2 Å². The Kier molecular flexibility index (Phi) is 6.19. The van der Waals surface area contributed by atoms with E-state index in [4.69, 9.17) is 5.11 Å². The number of urea groups is 1. The molecule has 1 fully saturated rings. The molecular formula is C16H20BrN3O4. The Balaban J connectivity index is 1.74. The summed E-state index contributed by atoms with van der Waals surface area (Å²) in [7, 11) is 0. The topological polar surface area (TPSA) is 98.7 Å². The van der Waals surface area contributed by atoms with Crippen LogP contribution in [0.4, 0.5) is 10.5 Å². The lowest BCUT2D eigenvalue weighted by Crippen LogP contribution is -2.40. The zero-order chi connectivity index (χ0) is 17.7. The van der Waals surface area contributed by atoms with Crippen LogP contribution in [0.5, 0.6) is 0 Å². The van der Waals surface area contributed by atoms with Crippen LogP contribution in [0.3, 0.4) is 0 Å².